The Labute approximate surface area is 77.7 Å². The topological polar surface area (TPSA) is 24.1 Å². The van der Waals surface area contributed by atoms with Crippen molar-refractivity contribution in [3.8, 4) is 0 Å². The molecule has 1 saturated heterocycles. The number of hydrogen-bond donors (Lipinski definition) is 2. The van der Waals surface area contributed by atoms with Crippen LogP contribution in [0, 0.1) is 0 Å². The van der Waals surface area contributed by atoms with Gasteiger partial charge in [-0.3, -0.25) is 5.32 Å². The average Bonchev–Trinajstić information content (AvgIpc) is 2.61. The van der Waals surface area contributed by atoms with E-state index in [1.165, 1.54) is 16.8 Å². The highest BCUT2D eigenvalue weighted by Gasteiger charge is 2.24. The third-order valence-electron chi connectivity index (χ3n) is 2.81. The van der Waals surface area contributed by atoms with E-state index in [0.29, 0.717) is 6.04 Å². The van der Waals surface area contributed by atoms with Crippen LogP contribution < -0.4 is 10.6 Å². The monoisotopic (exact) mass is 172 g/mol. The van der Waals surface area contributed by atoms with Gasteiger partial charge < -0.3 is 5.32 Å². The summed E-state index contributed by atoms with van der Waals surface area (Å²) < 4.78 is 0. The lowest BCUT2D eigenvalue weighted by molar-refractivity contribution is 0.655. The van der Waals surface area contributed by atoms with E-state index >= 15 is 0 Å². The van der Waals surface area contributed by atoms with E-state index in [2.05, 4.69) is 41.0 Å². The van der Waals surface area contributed by atoms with Gasteiger partial charge in [-0.2, -0.15) is 0 Å². The van der Waals surface area contributed by atoms with Gasteiger partial charge in [0, 0.05) is 5.70 Å². The molecule has 2 heteroatoms. The lowest BCUT2D eigenvalue weighted by Crippen LogP contribution is -2.27. The first-order valence-corrected chi connectivity index (χ1v) is 4.70. The first-order valence-electron chi connectivity index (χ1n) is 4.70. The zero-order chi connectivity index (χ0) is 8.67. The molecule has 1 atom stereocenters. The highest BCUT2D eigenvalue weighted by Crippen LogP contribution is 2.24. The molecule has 2 aliphatic rings. The third kappa shape index (κ3) is 1.06. The number of fused-ring (bicyclic) bond motifs is 2. The molecule has 66 valence electrons. The molecule has 0 radical (unpaired) electrons. The molecule has 0 spiro atoms. The molecule has 1 aromatic rings. The van der Waals surface area contributed by atoms with E-state index in [9.17, 15) is 0 Å². The number of benzene rings is 1. The van der Waals surface area contributed by atoms with E-state index in [0.717, 1.165) is 13.1 Å². The Bertz CT molecular complexity index is 368. The lowest BCUT2D eigenvalue weighted by atomic mass is 9.93. The largest absolute Gasteiger partial charge is 0.374 e. The summed E-state index contributed by atoms with van der Waals surface area (Å²) in [6, 6.07) is 9.12. The molecule has 1 unspecified atom stereocenters. The Kier molecular flexibility index (Phi) is 1.43. The third-order valence-corrected chi connectivity index (χ3v) is 2.81. The lowest BCUT2D eigenvalue weighted by Gasteiger charge is -2.19. The van der Waals surface area contributed by atoms with Crippen molar-refractivity contribution in [3.05, 3.63) is 41.1 Å². The van der Waals surface area contributed by atoms with Crippen molar-refractivity contribution < 1.29 is 0 Å². The van der Waals surface area contributed by atoms with Crippen LogP contribution in [0.3, 0.4) is 0 Å². The summed E-state index contributed by atoms with van der Waals surface area (Å²) in [5.41, 5.74) is 4.16. The van der Waals surface area contributed by atoms with Gasteiger partial charge in [-0.1, -0.05) is 24.3 Å². The second kappa shape index (κ2) is 2.60. The summed E-state index contributed by atoms with van der Waals surface area (Å²) in [4.78, 5) is 0. The Morgan fingerprint density at radius 1 is 1.23 bits per heavy atom. The van der Waals surface area contributed by atoms with Crippen LogP contribution in [0.15, 0.2) is 30.0 Å². The summed E-state index contributed by atoms with van der Waals surface area (Å²) in [6.07, 6.45) is 3.37. The van der Waals surface area contributed by atoms with Crippen LogP contribution in [0.1, 0.15) is 11.1 Å². The van der Waals surface area contributed by atoms with Crippen molar-refractivity contribution in [1.29, 1.82) is 0 Å². The fourth-order valence-electron chi connectivity index (χ4n) is 2.09. The molecule has 1 aliphatic carbocycles. The first-order chi connectivity index (χ1) is 6.43. The number of hydrogen-bond acceptors (Lipinski definition) is 2. The normalized spacial score (nSPS) is 24.3. The quantitative estimate of drug-likeness (QED) is 0.612. The fraction of sp³-hybridized carbons (Fsp3) is 0.273. The maximum absolute atomic E-state index is 3.42. The molecule has 1 aliphatic heterocycles. The molecule has 0 saturated carbocycles. The van der Waals surface area contributed by atoms with E-state index in [1.807, 2.05) is 0 Å². The standard InChI is InChI=1S/C11H12N2/c1-2-4-9-6-11-10(12-7-13-11)5-8(9)3-1/h1-5,11-13H,6-7H2. The van der Waals surface area contributed by atoms with Gasteiger partial charge in [0.25, 0.3) is 0 Å². The molecule has 13 heavy (non-hydrogen) atoms. The summed E-state index contributed by atoms with van der Waals surface area (Å²) in [6.45, 7) is 0.907. The number of rotatable bonds is 0. The smallest absolute Gasteiger partial charge is 0.0656 e. The van der Waals surface area contributed by atoms with Crippen molar-refractivity contribution in [2.24, 2.45) is 0 Å². The van der Waals surface area contributed by atoms with Gasteiger partial charge in [-0.15, -0.1) is 0 Å². The zero-order valence-electron chi connectivity index (χ0n) is 7.38. The molecule has 0 bridgehead atoms. The van der Waals surface area contributed by atoms with Crippen molar-refractivity contribution in [3.63, 3.8) is 0 Å². The van der Waals surface area contributed by atoms with Gasteiger partial charge in [-0.25, -0.2) is 0 Å². The van der Waals surface area contributed by atoms with Crippen LogP contribution in [0.5, 0.6) is 0 Å². The maximum Gasteiger partial charge on any atom is 0.0656 e. The van der Waals surface area contributed by atoms with Gasteiger partial charge in [0.1, 0.15) is 0 Å². The molecule has 0 aromatic heterocycles. The van der Waals surface area contributed by atoms with Gasteiger partial charge in [-0.05, 0) is 23.6 Å². The van der Waals surface area contributed by atoms with Crippen molar-refractivity contribution in [2.75, 3.05) is 6.67 Å². The van der Waals surface area contributed by atoms with Crippen LogP contribution in [-0.2, 0) is 6.42 Å². The minimum atomic E-state index is 0.523. The molecule has 3 rings (SSSR count). The van der Waals surface area contributed by atoms with Crippen LogP contribution in [0.2, 0.25) is 0 Å². The van der Waals surface area contributed by atoms with Crippen molar-refractivity contribution in [2.45, 2.75) is 12.5 Å². The fourth-order valence-corrected chi connectivity index (χ4v) is 2.09. The SMILES string of the molecule is C1=C2NCNC2Cc2ccccc21. The summed E-state index contributed by atoms with van der Waals surface area (Å²) >= 11 is 0. The van der Waals surface area contributed by atoms with Gasteiger partial charge in [0.2, 0.25) is 0 Å². The molecule has 1 heterocycles. The van der Waals surface area contributed by atoms with E-state index in [-0.39, 0.29) is 0 Å². The van der Waals surface area contributed by atoms with E-state index in [4.69, 9.17) is 0 Å². The molecule has 0 amide bonds. The van der Waals surface area contributed by atoms with Crippen molar-refractivity contribution in [1.82, 2.24) is 10.6 Å². The molecular weight excluding hydrogens is 160 g/mol. The second-order valence-corrected chi connectivity index (χ2v) is 3.61. The minimum absolute atomic E-state index is 0.523. The first kappa shape index (κ1) is 7.15. The van der Waals surface area contributed by atoms with Crippen LogP contribution >= 0.6 is 0 Å². The van der Waals surface area contributed by atoms with Crippen molar-refractivity contribution >= 4 is 6.08 Å². The Morgan fingerprint density at radius 2 is 2.15 bits per heavy atom. The maximum atomic E-state index is 3.42. The highest BCUT2D eigenvalue weighted by molar-refractivity contribution is 5.61. The van der Waals surface area contributed by atoms with E-state index < -0.39 is 0 Å². The molecular formula is C11H12N2. The molecule has 2 nitrogen and oxygen atoms in total. The molecule has 1 aromatic carbocycles. The molecule has 2 N–H and O–H groups in total. The predicted molar refractivity (Wildman–Crippen MR) is 53.0 cm³/mol. The average molecular weight is 172 g/mol. The predicted octanol–water partition coefficient (Wildman–Crippen LogP) is 1.10. The summed E-state index contributed by atoms with van der Waals surface area (Å²) in [7, 11) is 0. The Balaban J connectivity index is 2.10. The Hall–Kier alpha value is -1.28. The molecule has 1 fully saturated rings. The Morgan fingerprint density at radius 3 is 3.15 bits per heavy atom. The van der Waals surface area contributed by atoms with Crippen LogP contribution in [-0.4, -0.2) is 12.7 Å². The highest BCUT2D eigenvalue weighted by atomic mass is 15.2. The minimum Gasteiger partial charge on any atom is -0.374 e. The number of nitrogens with one attached hydrogen (secondary N) is 2. The van der Waals surface area contributed by atoms with Crippen LogP contribution in [0.25, 0.3) is 6.08 Å². The van der Waals surface area contributed by atoms with E-state index in [1.54, 1.807) is 0 Å². The van der Waals surface area contributed by atoms with Crippen LogP contribution in [0.4, 0.5) is 0 Å². The summed E-state index contributed by atoms with van der Waals surface area (Å²) in [5, 5.41) is 6.77. The second-order valence-electron chi connectivity index (χ2n) is 3.61. The summed E-state index contributed by atoms with van der Waals surface area (Å²) in [5.74, 6) is 0. The zero-order valence-corrected chi connectivity index (χ0v) is 7.38. The van der Waals surface area contributed by atoms with Gasteiger partial charge >= 0.3 is 0 Å². The van der Waals surface area contributed by atoms with Gasteiger partial charge in [0.05, 0.1) is 12.7 Å². The van der Waals surface area contributed by atoms with Gasteiger partial charge in [0.15, 0.2) is 0 Å².